The molecule has 0 spiro atoms. The molecule has 3 heteroatoms. The Morgan fingerprint density at radius 2 is 2.06 bits per heavy atom. The van der Waals surface area contributed by atoms with Crippen molar-refractivity contribution in [1.82, 2.24) is 5.32 Å². The molecular formula is C15H22BrNO. The molecular weight excluding hydrogens is 290 g/mol. The minimum atomic E-state index is 0.400. The van der Waals surface area contributed by atoms with E-state index in [1.165, 1.54) is 18.4 Å². The van der Waals surface area contributed by atoms with Crippen LogP contribution in [0.4, 0.5) is 0 Å². The lowest BCUT2D eigenvalue weighted by Gasteiger charge is -2.24. The van der Waals surface area contributed by atoms with Gasteiger partial charge in [0.2, 0.25) is 0 Å². The van der Waals surface area contributed by atoms with Crippen LogP contribution >= 0.6 is 15.9 Å². The second kappa shape index (κ2) is 6.69. The Hall–Kier alpha value is -0.380. The fourth-order valence-corrected chi connectivity index (χ4v) is 2.85. The molecule has 0 aromatic heterocycles. The molecule has 100 valence electrons. The Morgan fingerprint density at radius 3 is 2.67 bits per heavy atom. The molecule has 3 atom stereocenters. The molecule has 2 rings (SSSR count). The summed E-state index contributed by atoms with van der Waals surface area (Å²) in [7, 11) is 0. The lowest BCUT2D eigenvalue weighted by Crippen LogP contribution is -2.42. The highest BCUT2D eigenvalue weighted by molar-refractivity contribution is 9.10. The van der Waals surface area contributed by atoms with Crippen molar-refractivity contribution in [3.63, 3.8) is 0 Å². The summed E-state index contributed by atoms with van der Waals surface area (Å²) in [4.78, 5) is 0. The first-order valence-electron chi connectivity index (χ1n) is 6.77. The number of hydrogen-bond acceptors (Lipinski definition) is 2. The van der Waals surface area contributed by atoms with Crippen LogP contribution < -0.4 is 5.32 Å². The maximum absolute atomic E-state index is 5.71. The molecule has 1 aromatic carbocycles. The third-order valence-corrected chi connectivity index (χ3v) is 4.05. The highest BCUT2D eigenvalue weighted by atomic mass is 79.9. The Labute approximate surface area is 118 Å². The minimum absolute atomic E-state index is 0.400. The van der Waals surface area contributed by atoms with Gasteiger partial charge in [0.25, 0.3) is 0 Å². The maximum atomic E-state index is 5.71. The van der Waals surface area contributed by atoms with E-state index in [1.807, 2.05) is 0 Å². The summed E-state index contributed by atoms with van der Waals surface area (Å²) in [5, 5.41) is 3.65. The van der Waals surface area contributed by atoms with Crippen LogP contribution in [0.1, 0.15) is 32.3 Å². The molecule has 0 amide bonds. The van der Waals surface area contributed by atoms with Gasteiger partial charge in [-0.15, -0.1) is 0 Å². The van der Waals surface area contributed by atoms with E-state index >= 15 is 0 Å². The van der Waals surface area contributed by atoms with Gasteiger partial charge in [-0.05, 0) is 50.8 Å². The highest BCUT2D eigenvalue weighted by Gasteiger charge is 2.23. The van der Waals surface area contributed by atoms with Crippen molar-refractivity contribution in [3.05, 3.63) is 34.3 Å². The van der Waals surface area contributed by atoms with Crippen molar-refractivity contribution in [2.45, 2.75) is 51.3 Å². The van der Waals surface area contributed by atoms with E-state index in [4.69, 9.17) is 4.74 Å². The summed E-state index contributed by atoms with van der Waals surface area (Å²) in [6, 6.07) is 9.48. The van der Waals surface area contributed by atoms with Crippen LogP contribution in [0.25, 0.3) is 0 Å². The monoisotopic (exact) mass is 311 g/mol. The van der Waals surface area contributed by atoms with E-state index in [9.17, 15) is 0 Å². The third-order valence-electron chi connectivity index (χ3n) is 3.53. The van der Waals surface area contributed by atoms with E-state index < -0.39 is 0 Å². The van der Waals surface area contributed by atoms with Crippen molar-refractivity contribution in [1.29, 1.82) is 0 Å². The SMILES string of the molecule is CC(Cc1ccc(Br)cc1)NC(C)C1CCCO1. The van der Waals surface area contributed by atoms with Crippen LogP contribution in [0.15, 0.2) is 28.7 Å². The fourth-order valence-electron chi connectivity index (χ4n) is 2.59. The molecule has 0 radical (unpaired) electrons. The number of nitrogens with one attached hydrogen (secondary N) is 1. The number of hydrogen-bond donors (Lipinski definition) is 1. The quantitative estimate of drug-likeness (QED) is 0.898. The third kappa shape index (κ3) is 4.08. The van der Waals surface area contributed by atoms with Gasteiger partial charge in [-0.2, -0.15) is 0 Å². The van der Waals surface area contributed by atoms with E-state index in [2.05, 4.69) is 59.4 Å². The Balaban J connectivity index is 1.80. The molecule has 3 unspecified atom stereocenters. The van der Waals surface area contributed by atoms with Gasteiger partial charge >= 0.3 is 0 Å². The van der Waals surface area contributed by atoms with E-state index in [0.717, 1.165) is 17.5 Å². The van der Waals surface area contributed by atoms with Gasteiger partial charge in [0, 0.05) is 23.2 Å². The average Bonchev–Trinajstić information content (AvgIpc) is 2.85. The van der Waals surface area contributed by atoms with Crippen molar-refractivity contribution >= 4 is 15.9 Å². The predicted octanol–water partition coefficient (Wildman–Crippen LogP) is 3.54. The van der Waals surface area contributed by atoms with Crippen molar-refractivity contribution in [2.75, 3.05) is 6.61 Å². The molecule has 1 aliphatic heterocycles. The Bertz CT molecular complexity index is 359. The topological polar surface area (TPSA) is 21.3 Å². The number of halogens is 1. The van der Waals surface area contributed by atoms with Gasteiger partial charge < -0.3 is 10.1 Å². The first kappa shape index (κ1) is 14.0. The number of benzene rings is 1. The highest BCUT2D eigenvalue weighted by Crippen LogP contribution is 2.16. The summed E-state index contributed by atoms with van der Waals surface area (Å²) in [5.74, 6) is 0. The summed E-state index contributed by atoms with van der Waals surface area (Å²) in [6.45, 7) is 5.40. The Kier molecular flexibility index (Phi) is 5.22. The van der Waals surface area contributed by atoms with Crippen molar-refractivity contribution in [3.8, 4) is 0 Å². The lowest BCUT2D eigenvalue weighted by atomic mass is 10.0. The molecule has 1 aliphatic rings. The lowest BCUT2D eigenvalue weighted by molar-refractivity contribution is 0.0804. The maximum Gasteiger partial charge on any atom is 0.0726 e. The molecule has 2 nitrogen and oxygen atoms in total. The molecule has 18 heavy (non-hydrogen) atoms. The van der Waals surface area contributed by atoms with Gasteiger partial charge in [0.1, 0.15) is 0 Å². The van der Waals surface area contributed by atoms with Gasteiger partial charge in [-0.1, -0.05) is 28.1 Å². The van der Waals surface area contributed by atoms with Crippen LogP contribution in [-0.4, -0.2) is 24.8 Å². The van der Waals surface area contributed by atoms with Gasteiger partial charge in [-0.25, -0.2) is 0 Å². The van der Waals surface area contributed by atoms with Gasteiger partial charge in [0.15, 0.2) is 0 Å². The summed E-state index contributed by atoms with van der Waals surface area (Å²) in [6.07, 6.45) is 3.86. The summed E-state index contributed by atoms with van der Waals surface area (Å²) < 4.78 is 6.85. The summed E-state index contributed by atoms with van der Waals surface area (Å²) in [5.41, 5.74) is 1.37. The van der Waals surface area contributed by atoms with Crippen molar-refractivity contribution < 1.29 is 4.74 Å². The molecule has 1 aromatic rings. The fraction of sp³-hybridized carbons (Fsp3) is 0.600. The second-order valence-corrected chi connectivity index (χ2v) is 6.15. The van der Waals surface area contributed by atoms with E-state index in [1.54, 1.807) is 0 Å². The zero-order valence-electron chi connectivity index (χ0n) is 11.2. The van der Waals surface area contributed by atoms with Crippen molar-refractivity contribution in [2.24, 2.45) is 0 Å². The van der Waals surface area contributed by atoms with Crippen LogP contribution in [-0.2, 0) is 11.2 Å². The van der Waals surface area contributed by atoms with Crippen LogP contribution in [0.5, 0.6) is 0 Å². The van der Waals surface area contributed by atoms with E-state index in [0.29, 0.717) is 18.2 Å². The first-order valence-corrected chi connectivity index (χ1v) is 7.56. The second-order valence-electron chi connectivity index (χ2n) is 5.24. The molecule has 0 aliphatic carbocycles. The largest absolute Gasteiger partial charge is 0.377 e. The first-order chi connectivity index (χ1) is 8.65. The molecule has 1 fully saturated rings. The Morgan fingerprint density at radius 1 is 1.33 bits per heavy atom. The molecule has 1 N–H and O–H groups in total. The molecule has 0 saturated carbocycles. The van der Waals surface area contributed by atoms with Gasteiger partial charge in [-0.3, -0.25) is 0 Å². The van der Waals surface area contributed by atoms with E-state index in [-0.39, 0.29) is 0 Å². The van der Waals surface area contributed by atoms with Crippen LogP contribution in [0, 0.1) is 0 Å². The van der Waals surface area contributed by atoms with Crippen LogP contribution in [0.2, 0.25) is 0 Å². The zero-order valence-corrected chi connectivity index (χ0v) is 12.7. The standard InChI is InChI=1S/C15H22BrNO/c1-11(10-13-5-7-14(16)8-6-13)17-12(2)15-4-3-9-18-15/h5-8,11-12,15,17H,3-4,9-10H2,1-2H3. The predicted molar refractivity (Wildman–Crippen MR) is 78.9 cm³/mol. The molecule has 1 saturated heterocycles. The number of ether oxygens (including phenoxy) is 1. The average molecular weight is 312 g/mol. The minimum Gasteiger partial charge on any atom is -0.377 e. The normalized spacial score (nSPS) is 22.9. The molecule has 0 bridgehead atoms. The smallest absolute Gasteiger partial charge is 0.0726 e. The summed E-state index contributed by atoms with van der Waals surface area (Å²) >= 11 is 3.46. The molecule has 1 heterocycles. The zero-order chi connectivity index (χ0) is 13.0. The van der Waals surface area contributed by atoms with Gasteiger partial charge in [0.05, 0.1) is 6.10 Å². The van der Waals surface area contributed by atoms with Crippen LogP contribution in [0.3, 0.4) is 0 Å². The number of rotatable bonds is 5.